The molecule has 0 saturated carbocycles. The molecule has 2 aromatic heterocycles. The number of thiophene rings is 1. The van der Waals surface area contributed by atoms with Crippen molar-refractivity contribution in [2.24, 2.45) is 0 Å². The van der Waals surface area contributed by atoms with Crippen molar-refractivity contribution in [2.75, 3.05) is 11.9 Å². The van der Waals surface area contributed by atoms with Crippen molar-refractivity contribution >= 4 is 23.0 Å². The molecule has 0 bridgehead atoms. The predicted octanol–water partition coefficient (Wildman–Crippen LogP) is 6.19. The smallest absolute Gasteiger partial charge is 0.227 e. The van der Waals surface area contributed by atoms with Crippen LogP contribution in [0.25, 0.3) is 21.7 Å². The molecule has 0 radical (unpaired) electrons. The van der Waals surface area contributed by atoms with Crippen LogP contribution in [0.4, 0.5) is 11.6 Å². The van der Waals surface area contributed by atoms with Gasteiger partial charge in [-0.2, -0.15) is 5.26 Å². The second kappa shape index (κ2) is 8.76. The highest BCUT2D eigenvalue weighted by Gasteiger charge is 2.23. The van der Waals surface area contributed by atoms with E-state index in [1.54, 1.807) is 6.20 Å². The van der Waals surface area contributed by atoms with Gasteiger partial charge in [0.15, 0.2) is 5.06 Å². The number of hydrogen-bond acceptors (Lipinski definition) is 6. The number of rotatable bonds is 6. The second-order valence-corrected chi connectivity index (χ2v) is 7.62. The summed E-state index contributed by atoms with van der Waals surface area (Å²) in [7, 11) is 0. The average Bonchev–Trinajstić information content (AvgIpc) is 3.14. The summed E-state index contributed by atoms with van der Waals surface area (Å²) >= 11 is 1.44. The van der Waals surface area contributed by atoms with Crippen molar-refractivity contribution in [3.8, 4) is 32.8 Å². The number of anilines is 2. The van der Waals surface area contributed by atoms with E-state index in [9.17, 15) is 5.26 Å². The molecule has 2 heterocycles. The fourth-order valence-corrected chi connectivity index (χ4v) is 4.27. The summed E-state index contributed by atoms with van der Waals surface area (Å²) in [6, 6.07) is 22.1. The van der Waals surface area contributed by atoms with E-state index < -0.39 is 0 Å². The maximum atomic E-state index is 9.88. The molecule has 0 aliphatic rings. The second-order valence-electron chi connectivity index (χ2n) is 6.64. The maximum absolute atomic E-state index is 9.88. The van der Waals surface area contributed by atoms with Crippen molar-refractivity contribution in [1.29, 1.82) is 5.26 Å². The number of aromatic nitrogens is 2. The normalized spacial score (nSPS) is 10.4. The Hall–Kier alpha value is -3.69. The summed E-state index contributed by atoms with van der Waals surface area (Å²) in [4.78, 5) is 9.95. The topological polar surface area (TPSA) is 70.8 Å². The first-order valence-corrected chi connectivity index (χ1v) is 10.4. The van der Waals surface area contributed by atoms with Gasteiger partial charge in [0.2, 0.25) is 5.95 Å². The van der Waals surface area contributed by atoms with Gasteiger partial charge in [0, 0.05) is 17.4 Å². The van der Waals surface area contributed by atoms with Crippen LogP contribution in [-0.2, 0) is 0 Å². The van der Waals surface area contributed by atoms with Gasteiger partial charge in [0.1, 0.15) is 11.6 Å². The Kier molecular flexibility index (Phi) is 5.73. The highest BCUT2D eigenvalue weighted by molar-refractivity contribution is 7.18. The molecule has 2 aromatic carbocycles. The third-order valence-electron chi connectivity index (χ3n) is 4.52. The van der Waals surface area contributed by atoms with E-state index in [4.69, 9.17) is 9.72 Å². The van der Waals surface area contributed by atoms with Crippen molar-refractivity contribution in [1.82, 2.24) is 9.97 Å². The molecule has 1 N–H and O–H groups in total. The van der Waals surface area contributed by atoms with Gasteiger partial charge in [-0.3, -0.25) is 0 Å². The number of benzene rings is 2. The van der Waals surface area contributed by atoms with Crippen LogP contribution in [0, 0.1) is 18.3 Å². The zero-order chi connectivity index (χ0) is 20.9. The summed E-state index contributed by atoms with van der Waals surface area (Å²) in [5.41, 5.74) is 5.16. The molecule has 0 spiro atoms. The van der Waals surface area contributed by atoms with E-state index in [0.29, 0.717) is 23.2 Å². The summed E-state index contributed by atoms with van der Waals surface area (Å²) in [6.45, 7) is 4.45. The molecule has 4 aromatic rings. The minimum atomic E-state index is 0.493. The molecule has 30 heavy (non-hydrogen) atoms. The Morgan fingerprint density at radius 1 is 1.07 bits per heavy atom. The molecule has 0 amide bonds. The van der Waals surface area contributed by atoms with E-state index in [1.807, 2.05) is 74.5 Å². The highest BCUT2D eigenvalue weighted by atomic mass is 32.1. The largest absolute Gasteiger partial charge is 0.483 e. The lowest BCUT2D eigenvalue weighted by Crippen LogP contribution is -1.97. The fourth-order valence-electron chi connectivity index (χ4n) is 3.12. The SMILES string of the molecule is CCOc1sc(-c2ccnc(Nc3ccccc3)n2)c(-c2ccc(C)cc2)c1C#N. The van der Waals surface area contributed by atoms with Crippen molar-refractivity contribution in [3.63, 3.8) is 0 Å². The maximum Gasteiger partial charge on any atom is 0.227 e. The highest BCUT2D eigenvalue weighted by Crippen LogP contribution is 2.46. The van der Waals surface area contributed by atoms with Crippen LogP contribution in [0.2, 0.25) is 0 Å². The van der Waals surface area contributed by atoms with Crippen LogP contribution in [0.15, 0.2) is 66.9 Å². The summed E-state index contributed by atoms with van der Waals surface area (Å²) in [5.74, 6) is 0.499. The van der Waals surface area contributed by atoms with Crippen LogP contribution in [0.3, 0.4) is 0 Å². The van der Waals surface area contributed by atoms with Gasteiger partial charge < -0.3 is 10.1 Å². The number of nitrogens with zero attached hydrogens (tertiary/aromatic N) is 3. The van der Waals surface area contributed by atoms with E-state index >= 15 is 0 Å². The number of hydrogen-bond donors (Lipinski definition) is 1. The van der Waals surface area contributed by atoms with Gasteiger partial charge in [0.05, 0.1) is 17.2 Å². The minimum Gasteiger partial charge on any atom is -0.483 e. The molecule has 0 saturated heterocycles. The summed E-state index contributed by atoms with van der Waals surface area (Å²) < 4.78 is 5.78. The van der Waals surface area contributed by atoms with Crippen LogP contribution >= 0.6 is 11.3 Å². The molecule has 4 rings (SSSR count). The van der Waals surface area contributed by atoms with Crippen LogP contribution < -0.4 is 10.1 Å². The van der Waals surface area contributed by atoms with E-state index in [-0.39, 0.29) is 0 Å². The van der Waals surface area contributed by atoms with Crippen LogP contribution in [0.1, 0.15) is 18.1 Å². The quantitative estimate of drug-likeness (QED) is 0.408. The first kappa shape index (κ1) is 19.6. The zero-order valence-corrected chi connectivity index (χ0v) is 17.5. The molecule has 5 nitrogen and oxygen atoms in total. The fraction of sp³-hybridized carbons (Fsp3) is 0.125. The Morgan fingerprint density at radius 3 is 2.53 bits per heavy atom. The van der Waals surface area contributed by atoms with E-state index in [0.717, 1.165) is 32.9 Å². The van der Waals surface area contributed by atoms with Crippen LogP contribution in [-0.4, -0.2) is 16.6 Å². The monoisotopic (exact) mass is 412 g/mol. The number of nitrogens with one attached hydrogen (secondary N) is 1. The lowest BCUT2D eigenvalue weighted by atomic mass is 9.99. The van der Waals surface area contributed by atoms with Gasteiger partial charge in [-0.25, -0.2) is 9.97 Å². The molecular formula is C24H20N4OS. The third kappa shape index (κ3) is 4.02. The molecule has 0 atom stereocenters. The van der Waals surface area contributed by atoms with Crippen molar-refractivity contribution in [2.45, 2.75) is 13.8 Å². The van der Waals surface area contributed by atoms with Gasteiger partial charge in [0.25, 0.3) is 0 Å². The van der Waals surface area contributed by atoms with E-state index in [1.165, 1.54) is 11.3 Å². The van der Waals surface area contributed by atoms with Crippen LogP contribution in [0.5, 0.6) is 5.06 Å². The first-order chi connectivity index (χ1) is 14.7. The number of para-hydroxylation sites is 1. The van der Waals surface area contributed by atoms with E-state index in [2.05, 4.69) is 16.4 Å². The Labute approximate surface area is 179 Å². The zero-order valence-electron chi connectivity index (χ0n) is 16.7. The standard InChI is InChI=1S/C24H20N4OS/c1-3-29-23-19(15-25)21(17-11-9-16(2)10-12-17)22(30-23)20-13-14-26-24(28-20)27-18-7-5-4-6-8-18/h4-14H,3H2,1-2H3,(H,26,27,28). The number of nitriles is 1. The molecule has 0 aliphatic heterocycles. The molecule has 6 heteroatoms. The average molecular weight is 413 g/mol. The molecular weight excluding hydrogens is 392 g/mol. The lowest BCUT2D eigenvalue weighted by molar-refractivity contribution is 0.349. The third-order valence-corrected chi connectivity index (χ3v) is 5.65. The molecule has 148 valence electrons. The van der Waals surface area contributed by atoms with Gasteiger partial charge in [-0.05, 0) is 37.6 Å². The molecule has 0 unspecified atom stereocenters. The minimum absolute atomic E-state index is 0.493. The predicted molar refractivity (Wildman–Crippen MR) is 121 cm³/mol. The lowest BCUT2D eigenvalue weighted by Gasteiger charge is -2.08. The molecule has 0 fully saturated rings. The Morgan fingerprint density at radius 2 is 1.83 bits per heavy atom. The first-order valence-electron chi connectivity index (χ1n) is 9.61. The van der Waals surface area contributed by atoms with Gasteiger partial charge in [-0.15, -0.1) is 0 Å². The van der Waals surface area contributed by atoms with Gasteiger partial charge >= 0.3 is 0 Å². The Balaban J connectivity index is 1.83. The Bertz CT molecular complexity index is 1190. The summed E-state index contributed by atoms with van der Waals surface area (Å²) in [6.07, 6.45) is 1.72. The molecule has 0 aliphatic carbocycles. The number of ether oxygens (including phenoxy) is 1. The number of aryl methyl sites for hydroxylation is 1. The van der Waals surface area contributed by atoms with Crippen molar-refractivity contribution in [3.05, 3.63) is 78.0 Å². The van der Waals surface area contributed by atoms with Gasteiger partial charge in [-0.1, -0.05) is 59.4 Å². The summed E-state index contributed by atoms with van der Waals surface area (Å²) in [5, 5.41) is 13.7. The van der Waals surface area contributed by atoms with Crippen molar-refractivity contribution < 1.29 is 4.74 Å².